The van der Waals surface area contributed by atoms with Gasteiger partial charge in [-0.15, -0.1) is 0 Å². The fourth-order valence-electron chi connectivity index (χ4n) is 8.55. The first-order valence-corrected chi connectivity index (χ1v) is 21.0. The van der Waals surface area contributed by atoms with Gasteiger partial charge in [0.2, 0.25) is 5.91 Å². The number of anilines is 2. The molecule has 9 rings (SSSR count). The van der Waals surface area contributed by atoms with Crippen LogP contribution in [0.25, 0.3) is 39.0 Å². The lowest BCUT2D eigenvalue weighted by molar-refractivity contribution is -0.132. The molecule has 6 aromatic rings. The maximum atomic E-state index is 15.1. The number of pyridine rings is 1. The smallest absolute Gasteiger partial charge is 0.245 e. The average Bonchev–Trinajstić information content (AvgIpc) is 3.88. The molecule has 14 nitrogen and oxygen atoms in total. The Morgan fingerprint density at radius 1 is 0.930 bits per heavy atom. The van der Waals surface area contributed by atoms with Crippen LogP contribution in [0.15, 0.2) is 54.7 Å². The van der Waals surface area contributed by atoms with Gasteiger partial charge in [-0.3, -0.25) is 4.79 Å². The number of ether oxygens (including phenoxy) is 1. The second kappa shape index (κ2) is 14.4. The van der Waals surface area contributed by atoms with Crippen LogP contribution in [0.5, 0.6) is 0 Å². The van der Waals surface area contributed by atoms with Crippen LogP contribution in [0.2, 0.25) is 0 Å². The summed E-state index contributed by atoms with van der Waals surface area (Å²) < 4.78 is 65.3. The Labute approximate surface area is 327 Å². The highest BCUT2D eigenvalue weighted by molar-refractivity contribution is 7.91. The molecule has 296 valence electrons. The van der Waals surface area contributed by atoms with Crippen LogP contribution in [-0.4, -0.2) is 110 Å². The van der Waals surface area contributed by atoms with Gasteiger partial charge in [-0.05, 0) is 74.6 Å². The van der Waals surface area contributed by atoms with E-state index in [0.717, 1.165) is 5.52 Å². The molecule has 0 aliphatic carbocycles. The highest BCUT2D eigenvalue weighted by Crippen LogP contribution is 2.36. The monoisotopic (exact) mass is 796 g/mol. The summed E-state index contributed by atoms with van der Waals surface area (Å²) in [4.78, 5) is 37.9. The van der Waals surface area contributed by atoms with Gasteiger partial charge >= 0.3 is 0 Å². The number of methoxy groups -OCH3 is 1. The Kier molecular flexibility index (Phi) is 9.38. The van der Waals surface area contributed by atoms with Crippen LogP contribution < -0.4 is 10.2 Å². The summed E-state index contributed by atoms with van der Waals surface area (Å²) in [5.41, 5.74) is 4.08. The van der Waals surface area contributed by atoms with E-state index in [1.54, 1.807) is 36.0 Å². The molecule has 7 heterocycles. The molecule has 57 heavy (non-hydrogen) atoms. The van der Waals surface area contributed by atoms with Crippen molar-refractivity contribution >= 4 is 49.4 Å². The Morgan fingerprint density at radius 3 is 2.58 bits per heavy atom. The minimum Gasteiger partial charge on any atom is -0.378 e. The van der Waals surface area contributed by atoms with E-state index in [1.807, 2.05) is 34.6 Å². The van der Waals surface area contributed by atoms with Gasteiger partial charge in [-0.2, -0.15) is 5.10 Å². The lowest BCUT2D eigenvalue weighted by Gasteiger charge is -2.31. The van der Waals surface area contributed by atoms with Crippen molar-refractivity contribution in [1.29, 1.82) is 0 Å². The summed E-state index contributed by atoms with van der Waals surface area (Å²) in [6, 6.07) is 11.9. The highest BCUT2D eigenvalue weighted by atomic mass is 32.2. The van der Waals surface area contributed by atoms with E-state index in [4.69, 9.17) is 24.8 Å². The summed E-state index contributed by atoms with van der Waals surface area (Å²) in [5.74, 6) is 1.09. The van der Waals surface area contributed by atoms with Crippen molar-refractivity contribution in [2.24, 2.45) is 0 Å². The van der Waals surface area contributed by atoms with E-state index in [2.05, 4.69) is 10.3 Å². The summed E-state index contributed by atoms with van der Waals surface area (Å²) in [6.45, 7) is 2.82. The number of aryl methyl sites for hydroxylation is 3. The Morgan fingerprint density at radius 2 is 1.75 bits per heavy atom. The first kappa shape index (κ1) is 37.1. The molecule has 6 bridgehead atoms. The predicted octanol–water partition coefficient (Wildman–Crippen LogP) is 4.65. The zero-order valence-corrected chi connectivity index (χ0v) is 32.6. The van der Waals surface area contributed by atoms with Gasteiger partial charge in [-0.25, -0.2) is 41.8 Å². The van der Waals surface area contributed by atoms with Gasteiger partial charge in [-0.1, -0.05) is 6.07 Å². The van der Waals surface area contributed by atoms with E-state index in [0.29, 0.717) is 101 Å². The number of hydrogen-bond acceptors (Lipinski definition) is 11. The molecule has 1 amide bonds. The van der Waals surface area contributed by atoms with E-state index in [9.17, 15) is 17.6 Å². The maximum absolute atomic E-state index is 15.1. The third-order valence-corrected chi connectivity index (χ3v) is 13.1. The molecule has 17 heteroatoms. The summed E-state index contributed by atoms with van der Waals surface area (Å²) in [6.07, 6.45) is 2.91. The number of halogens is 2. The van der Waals surface area contributed by atoms with Crippen molar-refractivity contribution in [2.75, 3.05) is 49.0 Å². The van der Waals surface area contributed by atoms with Gasteiger partial charge in [0.05, 0.1) is 58.2 Å². The second-order valence-electron chi connectivity index (χ2n) is 15.2. The van der Waals surface area contributed by atoms with Crippen molar-refractivity contribution in [3.8, 4) is 16.9 Å². The molecular weight excluding hydrogens is 755 g/mol. The molecule has 4 aromatic heterocycles. The lowest BCUT2D eigenvalue weighted by Crippen LogP contribution is -2.47. The van der Waals surface area contributed by atoms with Gasteiger partial charge in [0.15, 0.2) is 5.65 Å². The Bertz CT molecular complexity index is 2670. The first-order chi connectivity index (χ1) is 27.4. The Balaban J connectivity index is 1.17. The number of aromatic nitrogens is 7. The number of amides is 1. The zero-order valence-electron chi connectivity index (χ0n) is 31.8. The van der Waals surface area contributed by atoms with Crippen LogP contribution in [0.4, 0.5) is 20.4 Å². The molecular formula is C40H42F2N10O4S. The van der Waals surface area contributed by atoms with Crippen molar-refractivity contribution in [2.45, 2.75) is 63.8 Å². The SMILES string of the molecule is CO[C@H]1CN(C)C(=O)[C@@H]2C[C@@H](CN2c2nc3nc4c2cnn4-c2ccc(F)cc2CCCS(=O)(=O)CCC3)Nc2cccc(n2)-c2cc(F)cc3nc(C)n(c23)C1. The molecule has 1 N–H and O–H groups in total. The van der Waals surface area contributed by atoms with E-state index >= 15 is 4.39 Å². The first-order valence-electron chi connectivity index (χ1n) is 19.1. The number of rotatable bonds is 2. The summed E-state index contributed by atoms with van der Waals surface area (Å²) in [7, 11) is -0.0107. The normalized spacial score (nSPS) is 21.4. The van der Waals surface area contributed by atoms with Gasteiger partial charge < -0.3 is 24.4 Å². The van der Waals surface area contributed by atoms with Crippen molar-refractivity contribution in [3.63, 3.8) is 0 Å². The number of carbonyl (C=O) groups excluding carboxylic acids is 1. The fraction of sp³-hybridized carbons (Fsp3) is 0.400. The number of likely N-dealkylation sites (N-methyl/N-ethyl adjacent to an activating group) is 1. The third-order valence-electron chi connectivity index (χ3n) is 11.3. The third kappa shape index (κ3) is 6.96. The van der Waals surface area contributed by atoms with E-state index < -0.39 is 33.6 Å². The van der Waals surface area contributed by atoms with E-state index in [-0.39, 0.29) is 36.4 Å². The summed E-state index contributed by atoms with van der Waals surface area (Å²) in [5, 5.41) is 8.89. The molecule has 3 atom stereocenters. The number of fused-ring (bicyclic) bond motifs is 8. The van der Waals surface area contributed by atoms with Gasteiger partial charge in [0.1, 0.15) is 50.8 Å². The quantitative estimate of drug-likeness (QED) is 0.261. The lowest BCUT2D eigenvalue weighted by atomic mass is 10.1. The van der Waals surface area contributed by atoms with Crippen LogP contribution in [0, 0.1) is 18.6 Å². The number of nitrogens with one attached hydrogen (secondary N) is 1. The van der Waals surface area contributed by atoms with E-state index in [1.165, 1.54) is 24.3 Å². The minimum atomic E-state index is -3.37. The van der Waals surface area contributed by atoms with Crippen molar-refractivity contribution in [1.82, 2.24) is 39.2 Å². The molecule has 0 unspecified atom stereocenters. The van der Waals surface area contributed by atoms with Crippen LogP contribution in [-0.2, 0) is 38.8 Å². The fourth-order valence-corrected chi connectivity index (χ4v) is 9.92. The number of carbonyl (C=O) groups is 1. The molecule has 0 spiro atoms. The number of hydrogen-bond donors (Lipinski definition) is 1. The minimum absolute atomic E-state index is 0.0159. The van der Waals surface area contributed by atoms with Crippen molar-refractivity contribution < 1.29 is 26.7 Å². The largest absolute Gasteiger partial charge is 0.378 e. The number of sulfone groups is 1. The maximum Gasteiger partial charge on any atom is 0.245 e. The highest BCUT2D eigenvalue weighted by Gasteiger charge is 2.41. The second-order valence-corrected chi connectivity index (χ2v) is 17.5. The standard InChI is InChI=1S/C40H42F2N10O4S/c1-23-44-32-17-26(42)16-29-31-8-4-9-35(46-31)45-27-18-34(40(53)49(2)21-28(56-3)22-50(23)37(29)32)51(20-27)38-30-19-43-52-33-12-11-25(41)15-24(33)7-5-13-57(54,55)14-6-10-36(47-38)48-39(30)52/h4,8-9,11-12,15-17,19,27-28,34H,5-7,10,13-14,18,20-22H2,1-3H3,(H,45,46)/t27-,28-,34-/m0/s1. The molecule has 1 saturated heterocycles. The molecule has 1 fully saturated rings. The average molecular weight is 797 g/mol. The zero-order chi connectivity index (χ0) is 39.6. The van der Waals surface area contributed by atoms with Gasteiger partial charge in [0.25, 0.3) is 0 Å². The Hall–Kier alpha value is -5.55. The molecule has 2 aromatic carbocycles. The van der Waals surface area contributed by atoms with Crippen LogP contribution in [0.3, 0.4) is 0 Å². The molecule has 3 aliphatic heterocycles. The van der Waals surface area contributed by atoms with Crippen molar-refractivity contribution in [3.05, 3.63) is 83.6 Å². The number of nitrogens with zero attached hydrogens (tertiary/aromatic N) is 9. The van der Waals surface area contributed by atoms with Crippen LogP contribution in [0.1, 0.15) is 36.5 Å². The van der Waals surface area contributed by atoms with Crippen LogP contribution >= 0.6 is 0 Å². The summed E-state index contributed by atoms with van der Waals surface area (Å²) >= 11 is 0. The molecule has 0 saturated carbocycles. The topological polar surface area (TPSA) is 153 Å². The number of imidazole rings is 1. The molecule has 0 radical (unpaired) electrons. The molecule has 3 aliphatic rings. The predicted molar refractivity (Wildman–Crippen MR) is 211 cm³/mol. The number of benzene rings is 2. The van der Waals surface area contributed by atoms with Gasteiger partial charge in [0, 0.05) is 51.3 Å².